The minimum atomic E-state index is -0.954. The van der Waals surface area contributed by atoms with Gasteiger partial charge in [-0.1, -0.05) is 30.3 Å². The van der Waals surface area contributed by atoms with Crippen molar-refractivity contribution in [1.29, 1.82) is 0 Å². The Hall–Kier alpha value is -5.26. The molecule has 0 aromatic heterocycles. The number of nitrogens with zero attached hydrogens (tertiary/aromatic N) is 1. The second-order valence-corrected chi connectivity index (χ2v) is 12.5. The molecule has 0 saturated carbocycles. The van der Waals surface area contributed by atoms with Gasteiger partial charge in [0.25, 0.3) is 11.8 Å². The molecule has 2 aliphatic rings. The maximum atomic E-state index is 13.6. The lowest BCUT2D eigenvalue weighted by Gasteiger charge is -2.26. The largest absolute Gasteiger partial charge is 0.493 e. The van der Waals surface area contributed by atoms with Crippen molar-refractivity contribution in [2.24, 2.45) is 0 Å². The number of hydrogen-bond acceptors (Lipinski definition) is 8. The van der Waals surface area contributed by atoms with Crippen LogP contribution < -0.4 is 34.9 Å². The van der Waals surface area contributed by atoms with Gasteiger partial charge in [-0.2, -0.15) is 0 Å². The van der Waals surface area contributed by atoms with Crippen LogP contribution in [0.5, 0.6) is 23.0 Å². The molecular formula is C39H48N4O8. The average Bonchev–Trinajstić information content (AvgIpc) is 3.63. The molecule has 0 spiro atoms. The molecule has 3 N–H and O–H groups in total. The van der Waals surface area contributed by atoms with Gasteiger partial charge in [0.15, 0.2) is 11.5 Å². The van der Waals surface area contributed by atoms with E-state index in [0.717, 1.165) is 18.4 Å². The first-order valence-corrected chi connectivity index (χ1v) is 17.8. The number of methoxy groups -OCH3 is 1. The highest BCUT2D eigenvalue weighted by molar-refractivity contribution is 6.00. The lowest BCUT2D eigenvalue weighted by molar-refractivity contribution is -0.133. The Morgan fingerprint density at radius 1 is 0.922 bits per heavy atom. The minimum Gasteiger partial charge on any atom is -0.493 e. The zero-order valence-corrected chi connectivity index (χ0v) is 29.4. The predicted molar refractivity (Wildman–Crippen MR) is 192 cm³/mol. The molecular weight excluding hydrogens is 652 g/mol. The molecule has 1 fully saturated rings. The van der Waals surface area contributed by atoms with Crippen LogP contribution in [0.1, 0.15) is 71.7 Å². The van der Waals surface area contributed by atoms with Gasteiger partial charge in [0.2, 0.25) is 11.8 Å². The fourth-order valence-electron chi connectivity index (χ4n) is 6.32. The molecule has 2 aliphatic heterocycles. The Morgan fingerprint density at radius 3 is 2.43 bits per heavy atom. The first kappa shape index (κ1) is 37.0. The third-order valence-corrected chi connectivity index (χ3v) is 8.99. The van der Waals surface area contributed by atoms with Gasteiger partial charge < -0.3 is 39.8 Å². The predicted octanol–water partition coefficient (Wildman–Crippen LogP) is 4.30. The molecule has 12 heteroatoms. The van der Waals surface area contributed by atoms with Crippen molar-refractivity contribution in [2.75, 3.05) is 46.6 Å². The van der Waals surface area contributed by atoms with Crippen molar-refractivity contribution >= 4 is 23.6 Å². The molecule has 0 radical (unpaired) electrons. The zero-order valence-electron chi connectivity index (χ0n) is 29.4. The summed E-state index contributed by atoms with van der Waals surface area (Å²) in [4.78, 5) is 55.6. The van der Waals surface area contributed by atoms with Crippen LogP contribution in [0.4, 0.5) is 0 Å². The lowest BCUT2D eigenvalue weighted by Crippen LogP contribution is -2.48. The number of fused-ring (bicyclic) bond motifs is 3. The molecule has 0 aliphatic carbocycles. The highest BCUT2D eigenvalue weighted by Gasteiger charge is 2.31. The summed E-state index contributed by atoms with van der Waals surface area (Å²) in [7, 11) is 1.60. The summed E-state index contributed by atoms with van der Waals surface area (Å²) in [6, 6.07) is 18.5. The van der Waals surface area contributed by atoms with E-state index in [-0.39, 0.29) is 55.4 Å². The van der Waals surface area contributed by atoms with Crippen molar-refractivity contribution in [3.63, 3.8) is 0 Å². The van der Waals surface area contributed by atoms with Gasteiger partial charge in [0.05, 0.1) is 37.5 Å². The minimum absolute atomic E-state index is 0.0536. The number of benzene rings is 3. The quantitative estimate of drug-likeness (QED) is 0.295. The van der Waals surface area contributed by atoms with Gasteiger partial charge in [-0.25, -0.2) is 0 Å². The maximum Gasteiger partial charge on any atom is 0.255 e. The molecule has 2 heterocycles. The summed E-state index contributed by atoms with van der Waals surface area (Å²) in [5, 5.41) is 8.74. The number of aryl methyl sites for hydroxylation is 1. The number of amides is 4. The first-order chi connectivity index (χ1) is 24.9. The summed E-state index contributed by atoms with van der Waals surface area (Å²) in [6.07, 6.45) is 3.59. The van der Waals surface area contributed by atoms with Gasteiger partial charge in [-0.15, -0.1) is 0 Å². The van der Waals surface area contributed by atoms with Crippen LogP contribution in [-0.4, -0.2) is 87.2 Å². The summed E-state index contributed by atoms with van der Waals surface area (Å²) in [5.74, 6) is 0.910. The third-order valence-electron chi connectivity index (χ3n) is 8.99. The van der Waals surface area contributed by atoms with E-state index in [1.165, 1.54) is 0 Å². The van der Waals surface area contributed by atoms with Gasteiger partial charge >= 0.3 is 0 Å². The van der Waals surface area contributed by atoms with Crippen LogP contribution in [-0.2, 0) is 16.0 Å². The standard InChI is InChI=1S/C39H48N4O8/c1-3-49-34-19-17-27(25-35(34)48-2)11-8-21-41-39(47)31-18-20-36(44)43-23-9-12-28(43)26-51-33-16-7-4-13-29(33)37(45)40-22-10-24-50-32-15-6-5-14-30(32)38(46)42-31/h4-7,13-17,19,25,28,31H,3,8-12,18,20-24,26H2,1-2H3,(H,40,45)(H,41,47)(H,42,46)/t28-,31-/m0/s1. The van der Waals surface area contributed by atoms with Gasteiger partial charge in [0, 0.05) is 26.1 Å². The molecule has 3 aromatic carbocycles. The van der Waals surface area contributed by atoms with E-state index in [1.54, 1.807) is 54.5 Å². The molecule has 2 atom stereocenters. The Labute approximate surface area is 299 Å². The summed E-state index contributed by atoms with van der Waals surface area (Å²) >= 11 is 0. The van der Waals surface area contributed by atoms with Gasteiger partial charge in [-0.3, -0.25) is 19.2 Å². The number of carbonyl (C=O) groups is 4. The lowest BCUT2D eigenvalue weighted by atomic mass is 10.1. The number of nitrogens with one attached hydrogen (secondary N) is 3. The van der Waals surface area contributed by atoms with E-state index in [0.29, 0.717) is 74.1 Å². The number of ether oxygens (including phenoxy) is 4. The maximum absolute atomic E-state index is 13.6. The van der Waals surface area contributed by atoms with Crippen molar-refractivity contribution in [3.8, 4) is 23.0 Å². The van der Waals surface area contributed by atoms with Crippen molar-refractivity contribution in [3.05, 3.63) is 83.4 Å². The number of hydrogen-bond donors (Lipinski definition) is 3. The molecule has 1 saturated heterocycles. The molecule has 272 valence electrons. The van der Waals surface area contributed by atoms with Crippen LogP contribution >= 0.6 is 0 Å². The summed E-state index contributed by atoms with van der Waals surface area (Å²) < 4.78 is 23.1. The van der Waals surface area contributed by atoms with Crippen LogP contribution in [0.2, 0.25) is 0 Å². The number of para-hydroxylation sites is 2. The fourth-order valence-corrected chi connectivity index (χ4v) is 6.32. The van der Waals surface area contributed by atoms with E-state index in [1.807, 2.05) is 31.2 Å². The Morgan fingerprint density at radius 2 is 1.67 bits per heavy atom. The van der Waals surface area contributed by atoms with Crippen molar-refractivity contribution in [1.82, 2.24) is 20.9 Å². The van der Waals surface area contributed by atoms with E-state index >= 15 is 0 Å². The SMILES string of the molecule is CCOc1ccc(CCCNC(=O)[C@@H]2CCC(=O)N3CCC[C@H]3COc3ccccc3C(=O)NCCCOc3ccccc3C(=O)N2)cc1OC. The normalized spacial score (nSPS) is 18.8. The van der Waals surface area contributed by atoms with Crippen LogP contribution in [0.3, 0.4) is 0 Å². The Kier molecular flexibility index (Phi) is 13.5. The van der Waals surface area contributed by atoms with Crippen LogP contribution in [0.15, 0.2) is 66.7 Å². The Balaban J connectivity index is 1.29. The molecule has 0 unspecified atom stereocenters. The van der Waals surface area contributed by atoms with Crippen LogP contribution in [0, 0.1) is 0 Å². The smallest absolute Gasteiger partial charge is 0.255 e. The molecule has 12 nitrogen and oxygen atoms in total. The summed E-state index contributed by atoms with van der Waals surface area (Å²) in [6.45, 7) is 4.23. The highest BCUT2D eigenvalue weighted by atomic mass is 16.5. The molecule has 3 aromatic rings. The topological polar surface area (TPSA) is 145 Å². The fraction of sp³-hybridized carbons (Fsp3) is 0.436. The number of rotatable bonds is 8. The van der Waals surface area contributed by atoms with E-state index in [4.69, 9.17) is 18.9 Å². The third kappa shape index (κ3) is 10.1. The number of carbonyl (C=O) groups excluding carboxylic acids is 4. The molecule has 51 heavy (non-hydrogen) atoms. The summed E-state index contributed by atoms with van der Waals surface area (Å²) in [5.41, 5.74) is 1.73. The van der Waals surface area contributed by atoms with Crippen LogP contribution in [0.25, 0.3) is 0 Å². The van der Waals surface area contributed by atoms with Gasteiger partial charge in [0.1, 0.15) is 24.1 Å². The molecule has 4 amide bonds. The van der Waals surface area contributed by atoms with E-state index in [9.17, 15) is 19.2 Å². The first-order valence-electron chi connectivity index (χ1n) is 17.8. The van der Waals surface area contributed by atoms with Crippen molar-refractivity contribution < 1.29 is 38.1 Å². The van der Waals surface area contributed by atoms with E-state index < -0.39 is 11.9 Å². The monoisotopic (exact) mass is 700 g/mol. The molecule has 5 rings (SSSR count). The van der Waals surface area contributed by atoms with Crippen molar-refractivity contribution in [2.45, 2.75) is 64.0 Å². The van der Waals surface area contributed by atoms with E-state index in [2.05, 4.69) is 16.0 Å². The Bertz CT molecular complexity index is 1660. The second kappa shape index (κ2) is 18.7. The zero-order chi connectivity index (χ0) is 36.0. The highest BCUT2D eigenvalue weighted by Crippen LogP contribution is 2.29. The second-order valence-electron chi connectivity index (χ2n) is 12.5. The average molecular weight is 701 g/mol. The molecule has 0 bridgehead atoms. The van der Waals surface area contributed by atoms with Gasteiger partial charge in [-0.05, 0) is 87.4 Å².